The van der Waals surface area contributed by atoms with E-state index in [1.165, 1.54) is 19.4 Å². The van der Waals surface area contributed by atoms with Gasteiger partial charge in [0, 0.05) is 19.3 Å². The average molecular weight is 350 g/mol. The van der Waals surface area contributed by atoms with E-state index in [2.05, 4.69) is 4.98 Å². The van der Waals surface area contributed by atoms with Crippen molar-refractivity contribution in [2.75, 3.05) is 20.2 Å². The number of ether oxygens (including phenoxy) is 1. The third-order valence-corrected chi connectivity index (χ3v) is 5.72. The third kappa shape index (κ3) is 2.88. The van der Waals surface area contributed by atoms with E-state index in [4.69, 9.17) is 9.84 Å². The fourth-order valence-electron chi connectivity index (χ4n) is 2.46. The molecule has 0 saturated carbocycles. The van der Waals surface area contributed by atoms with Crippen LogP contribution in [0.5, 0.6) is 5.88 Å². The van der Waals surface area contributed by atoms with Gasteiger partial charge in [0.1, 0.15) is 10.3 Å². The van der Waals surface area contributed by atoms with Crippen LogP contribution in [0.25, 0.3) is 0 Å². The summed E-state index contributed by atoms with van der Waals surface area (Å²) >= 11 is 0. The molecule has 1 aromatic rings. The Morgan fingerprint density at radius 2 is 2.17 bits per heavy atom. The largest absolute Gasteiger partial charge is 0.481 e. The number of aryl methyl sites for hydroxylation is 1. The van der Waals surface area contributed by atoms with E-state index in [0.29, 0.717) is 5.56 Å². The smallest absolute Gasteiger partial charge is 0.316 e. The Hall–Kier alpha value is -1.81. The summed E-state index contributed by atoms with van der Waals surface area (Å²) in [5, 5.41) is 9.09. The zero-order valence-corrected chi connectivity index (χ0v) is 13.3. The monoisotopic (exact) mass is 350 g/mol. The molecule has 1 aliphatic rings. The first-order chi connectivity index (χ1) is 10.6. The number of methoxy groups -OCH3 is 1. The quantitative estimate of drug-likeness (QED) is 0.855. The van der Waals surface area contributed by atoms with Gasteiger partial charge in [-0.05, 0) is 25.0 Å². The van der Waals surface area contributed by atoms with E-state index in [-0.39, 0.29) is 17.3 Å². The molecule has 1 saturated heterocycles. The van der Waals surface area contributed by atoms with Crippen LogP contribution in [0, 0.1) is 12.3 Å². The fraction of sp³-hybridized carbons (Fsp3) is 0.538. The number of carboxylic acid groups (broad SMARTS) is 1. The summed E-state index contributed by atoms with van der Waals surface area (Å²) in [4.78, 5) is 14.8. The first-order valence-corrected chi connectivity index (χ1v) is 8.11. The molecule has 1 N–H and O–H groups in total. The predicted octanol–water partition coefficient (Wildman–Crippen LogP) is 1.13. The Balaban J connectivity index is 2.43. The van der Waals surface area contributed by atoms with Gasteiger partial charge in [-0.15, -0.1) is 0 Å². The van der Waals surface area contributed by atoms with Crippen LogP contribution in [0.4, 0.5) is 8.78 Å². The third-order valence-electron chi connectivity index (χ3n) is 3.88. The summed E-state index contributed by atoms with van der Waals surface area (Å²) in [6.07, 6.45) is -2.22. The Morgan fingerprint density at radius 3 is 2.65 bits per heavy atom. The lowest BCUT2D eigenvalue weighted by Gasteiger charge is -2.23. The molecule has 2 rings (SSSR count). The lowest BCUT2D eigenvalue weighted by molar-refractivity contribution is -0.157. The molecule has 1 unspecified atom stereocenters. The molecule has 0 amide bonds. The number of aliphatic carboxylic acids is 1. The minimum atomic E-state index is -4.19. The molecule has 128 valence electrons. The Kier molecular flexibility index (Phi) is 4.58. The van der Waals surface area contributed by atoms with Gasteiger partial charge >= 0.3 is 5.97 Å². The molecule has 1 aliphatic heterocycles. The van der Waals surface area contributed by atoms with Gasteiger partial charge < -0.3 is 9.84 Å². The SMILES string of the molecule is COc1ncc(C)cc1S(=O)(=O)N1CCC(C(=O)O)(C(F)F)C1. The van der Waals surface area contributed by atoms with Crippen molar-refractivity contribution in [1.82, 2.24) is 9.29 Å². The van der Waals surface area contributed by atoms with E-state index >= 15 is 0 Å². The van der Waals surface area contributed by atoms with Crippen LogP contribution >= 0.6 is 0 Å². The average Bonchev–Trinajstić information content (AvgIpc) is 2.94. The van der Waals surface area contributed by atoms with Crippen molar-refractivity contribution in [3.05, 3.63) is 17.8 Å². The van der Waals surface area contributed by atoms with Gasteiger partial charge in [0.2, 0.25) is 15.9 Å². The highest BCUT2D eigenvalue weighted by Crippen LogP contribution is 2.40. The van der Waals surface area contributed by atoms with Gasteiger partial charge in [-0.25, -0.2) is 22.2 Å². The van der Waals surface area contributed by atoms with Gasteiger partial charge in [0.15, 0.2) is 0 Å². The van der Waals surface area contributed by atoms with Crippen molar-refractivity contribution in [1.29, 1.82) is 0 Å². The second kappa shape index (κ2) is 6.00. The first-order valence-electron chi connectivity index (χ1n) is 6.67. The molecule has 10 heteroatoms. The maximum Gasteiger partial charge on any atom is 0.316 e. The van der Waals surface area contributed by atoms with E-state index < -0.39 is 40.8 Å². The number of aromatic nitrogens is 1. The van der Waals surface area contributed by atoms with Crippen LogP contribution in [0.15, 0.2) is 17.2 Å². The minimum Gasteiger partial charge on any atom is -0.481 e. The maximum absolute atomic E-state index is 13.2. The number of nitrogens with zero attached hydrogens (tertiary/aromatic N) is 2. The van der Waals surface area contributed by atoms with Crippen molar-refractivity contribution in [3.8, 4) is 5.88 Å². The van der Waals surface area contributed by atoms with Crippen LogP contribution in [-0.2, 0) is 14.8 Å². The van der Waals surface area contributed by atoms with E-state index in [1.54, 1.807) is 6.92 Å². The number of pyridine rings is 1. The van der Waals surface area contributed by atoms with Crippen LogP contribution in [0.1, 0.15) is 12.0 Å². The zero-order valence-electron chi connectivity index (χ0n) is 12.5. The van der Waals surface area contributed by atoms with Gasteiger partial charge in [-0.3, -0.25) is 4.79 Å². The highest BCUT2D eigenvalue weighted by atomic mass is 32.2. The molecule has 1 fully saturated rings. The molecular formula is C13H16F2N2O5S. The van der Waals surface area contributed by atoms with Gasteiger partial charge in [0.25, 0.3) is 6.43 Å². The minimum absolute atomic E-state index is 0.166. The number of hydrogen-bond acceptors (Lipinski definition) is 5. The normalized spacial score (nSPS) is 22.5. The van der Waals surface area contributed by atoms with Crippen molar-refractivity contribution < 1.29 is 31.8 Å². The number of rotatable bonds is 5. The number of halogens is 2. The molecule has 0 bridgehead atoms. The Bertz CT molecular complexity index is 725. The Labute approximate surface area is 131 Å². The number of carboxylic acids is 1. The van der Waals surface area contributed by atoms with E-state index in [0.717, 1.165) is 4.31 Å². The van der Waals surface area contributed by atoms with E-state index in [9.17, 15) is 22.0 Å². The molecular weight excluding hydrogens is 334 g/mol. The van der Waals surface area contributed by atoms with Gasteiger partial charge in [0.05, 0.1) is 7.11 Å². The summed E-state index contributed by atoms with van der Waals surface area (Å²) in [5.74, 6) is -1.87. The molecule has 23 heavy (non-hydrogen) atoms. The Morgan fingerprint density at radius 1 is 1.52 bits per heavy atom. The molecule has 0 aliphatic carbocycles. The summed E-state index contributed by atoms with van der Waals surface area (Å²) in [5.41, 5.74) is -1.85. The van der Waals surface area contributed by atoms with Crippen molar-refractivity contribution in [2.45, 2.75) is 24.7 Å². The number of hydrogen-bond donors (Lipinski definition) is 1. The van der Waals surface area contributed by atoms with Gasteiger partial charge in [-0.2, -0.15) is 4.31 Å². The molecule has 0 radical (unpaired) electrons. The van der Waals surface area contributed by atoms with Crippen LogP contribution < -0.4 is 4.74 Å². The molecule has 1 aromatic heterocycles. The van der Waals surface area contributed by atoms with Crippen LogP contribution in [0.2, 0.25) is 0 Å². The maximum atomic E-state index is 13.2. The fourth-order valence-corrected chi connectivity index (χ4v) is 4.16. The van der Waals surface area contributed by atoms with Crippen molar-refractivity contribution >= 4 is 16.0 Å². The highest BCUT2D eigenvalue weighted by molar-refractivity contribution is 7.89. The lowest BCUT2D eigenvalue weighted by Crippen LogP contribution is -2.42. The van der Waals surface area contributed by atoms with E-state index in [1.807, 2.05) is 0 Å². The summed E-state index contributed by atoms with van der Waals surface area (Å²) in [6, 6.07) is 1.31. The number of carbonyl (C=O) groups is 1. The molecule has 0 aromatic carbocycles. The summed E-state index contributed by atoms with van der Waals surface area (Å²) in [6.45, 7) is 0.519. The zero-order chi connectivity index (χ0) is 17.4. The molecule has 2 heterocycles. The second-order valence-corrected chi connectivity index (χ2v) is 7.28. The predicted molar refractivity (Wildman–Crippen MR) is 75.0 cm³/mol. The first kappa shape index (κ1) is 17.5. The number of alkyl halides is 2. The summed E-state index contributed by atoms with van der Waals surface area (Å²) in [7, 11) is -2.96. The van der Waals surface area contributed by atoms with Crippen LogP contribution in [0.3, 0.4) is 0 Å². The molecule has 7 nitrogen and oxygen atoms in total. The molecule has 1 atom stereocenters. The number of sulfonamides is 1. The van der Waals surface area contributed by atoms with Crippen molar-refractivity contribution in [3.63, 3.8) is 0 Å². The molecule has 0 spiro atoms. The second-order valence-electron chi connectivity index (χ2n) is 5.37. The van der Waals surface area contributed by atoms with Crippen LogP contribution in [-0.4, -0.2) is 55.4 Å². The standard InChI is InChI=1S/C13H16F2N2O5S/c1-8-5-9(10(22-2)16-6-8)23(20,21)17-4-3-13(7-17,11(14)15)12(18)19/h5-6,11H,3-4,7H2,1-2H3,(H,18,19). The van der Waals surface area contributed by atoms with Crippen molar-refractivity contribution in [2.24, 2.45) is 5.41 Å². The lowest BCUT2D eigenvalue weighted by atomic mass is 9.88. The topological polar surface area (TPSA) is 96.8 Å². The van der Waals surface area contributed by atoms with Gasteiger partial charge in [-0.1, -0.05) is 0 Å². The highest BCUT2D eigenvalue weighted by Gasteiger charge is 2.55. The summed E-state index contributed by atoms with van der Waals surface area (Å²) < 4.78 is 57.3.